The number of rotatable bonds is 4. The summed E-state index contributed by atoms with van der Waals surface area (Å²) in [4.78, 5) is 30.2. The summed E-state index contributed by atoms with van der Waals surface area (Å²) < 4.78 is 11.1. The van der Waals surface area contributed by atoms with Gasteiger partial charge in [-0.15, -0.1) is 0 Å². The smallest absolute Gasteiger partial charge is 0.262 e. The molecule has 0 bridgehead atoms. The molecule has 1 aromatic heterocycles. The standard InChI is InChI=1S/C20H20ClN3O4/c21-15-3-1-2-4-17(15)27-11-13-5-7-24(8-6-13)20(26)14-9-16-19(22-10-14)28-12-18(25)23-16/h1-4,9-10,13H,5-8,11-12H2,(H,23,25). The van der Waals surface area contributed by atoms with Crippen LogP contribution in [0.2, 0.25) is 5.02 Å². The highest BCUT2D eigenvalue weighted by Gasteiger charge is 2.26. The fraction of sp³-hybridized carbons (Fsp3) is 0.350. The van der Waals surface area contributed by atoms with Crippen molar-refractivity contribution in [2.24, 2.45) is 5.92 Å². The van der Waals surface area contributed by atoms with Crippen LogP contribution in [0.1, 0.15) is 23.2 Å². The zero-order chi connectivity index (χ0) is 19.5. The van der Waals surface area contributed by atoms with Crippen LogP contribution in [0, 0.1) is 5.92 Å². The lowest BCUT2D eigenvalue weighted by Crippen LogP contribution is -2.39. The molecule has 3 heterocycles. The first-order valence-corrected chi connectivity index (χ1v) is 9.57. The van der Waals surface area contributed by atoms with Crippen LogP contribution in [0.5, 0.6) is 11.6 Å². The molecule has 1 N–H and O–H groups in total. The Bertz CT molecular complexity index is 897. The lowest BCUT2D eigenvalue weighted by Gasteiger charge is -2.32. The summed E-state index contributed by atoms with van der Waals surface area (Å²) in [5, 5.41) is 3.28. The molecule has 0 unspecified atom stereocenters. The fourth-order valence-electron chi connectivity index (χ4n) is 3.35. The molecule has 0 saturated carbocycles. The van der Waals surface area contributed by atoms with E-state index in [1.807, 2.05) is 18.2 Å². The molecular formula is C20H20ClN3O4. The summed E-state index contributed by atoms with van der Waals surface area (Å²) in [7, 11) is 0. The van der Waals surface area contributed by atoms with Gasteiger partial charge < -0.3 is 19.7 Å². The third-order valence-corrected chi connectivity index (χ3v) is 5.24. The van der Waals surface area contributed by atoms with Crippen molar-refractivity contribution in [2.75, 3.05) is 31.6 Å². The molecular weight excluding hydrogens is 382 g/mol. The van der Waals surface area contributed by atoms with Gasteiger partial charge in [0.05, 0.1) is 17.2 Å². The number of halogens is 1. The van der Waals surface area contributed by atoms with Crippen LogP contribution in [0.4, 0.5) is 5.69 Å². The molecule has 1 aromatic carbocycles. The summed E-state index contributed by atoms with van der Waals surface area (Å²) in [6.07, 6.45) is 3.20. The SMILES string of the molecule is O=C1COc2ncc(C(=O)N3CCC(COc4ccccc4Cl)CC3)cc2N1. The Balaban J connectivity index is 1.32. The number of amides is 2. The summed E-state index contributed by atoms with van der Waals surface area (Å²) >= 11 is 6.12. The van der Waals surface area contributed by atoms with Crippen molar-refractivity contribution >= 4 is 29.1 Å². The predicted octanol–water partition coefficient (Wildman–Crippen LogP) is 3.00. The second-order valence-corrected chi connectivity index (χ2v) is 7.30. The van der Waals surface area contributed by atoms with E-state index in [1.165, 1.54) is 6.20 Å². The van der Waals surface area contributed by atoms with Crippen molar-refractivity contribution in [1.82, 2.24) is 9.88 Å². The number of nitrogens with one attached hydrogen (secondary N) is 1. The molecule has 7 nitrogen and oxygen atoms in total. The summed E-state index contributed by atoms with van der Waals surface area (Å²) in [6.45, 7) is 1.82. The number of ether oxygens (including phenoxy) is 2. The molecule has 2 aliphatic rings. The average molecular weight is 402 g/mol. The van der Waals surface area contributed by atoms with Crippen molar-refractivity contribution in [1.29, 1.82) is 0 Å². The molecule has 8 heteroatoms. The normalized spacial score (nSPS) is 16.8. The van der Waals surface area contributed by atoms with Gasteiger partial charge in [-0.25, -0.2) is 4.98 Å². The van der Waals surface area contributed by atoms with Gasteiger partial charge in [0.2, 0.25) is 5.88 Å². The molecule has 0 atom stereocenters. The number of carbonyl (C=O) groups excluding carboxylic acids is 2. The second-order valence-electron chi connectivity index (χ2n) is 6.89. The molecule has 28 heavy (non-hydrogen) atoms. The molecule has 0 radical (unpaired) electrons. The van der Waals surface area contributed by atoms with Crippen molar-refractivity contribution in [3.63, 3.8) is 0 Å². The number of para-hydroxylation sites is 1. The lowest BCUT2D eigenvalue weighted by atomic mass is 9.97. The van der Waals surface area contributed by atoms with Gasteiger partial charge in [0, 0.05) is 19.3 Å². The van der Waals surface area contributed by atoms with Gasteiger partial charge in [-0.05, 0) is 37.0 Å². The van der Waals surface area contributed by atoms with Crippen LogP contribution in [0.25, 0.3) is 0 Å². The first kappa shape index (κ1) is 18.6. The molecule has 2 amide bonds. The van der Waals surface area contributed by atoms with Gasteiger partial charge in [-0.2, -0.15) is 0 Å². The van der Waals surface area contributed by atoms with Gasteiger partial charge in [0.15, 0.2) is 6.61 Å². The molecule has 1 fully saturated rings. The number of pyridine rings is 1. The van der Waals surface area contributed by atoms with Crippen LogP contribution >= 0.6 is 11.6 Å². The van der Waals surface area contributed by atoms with E-state index >= 15 is 0 Å². The number of nitrogens with zero attached hydrogens (tertiary/aromatic N) is 2. The maximum absolute atomic E-state index is 12.8. The van der Waals surface area contributed by atoms with E-state index < -0.39 is 0 Å². The number of hydrogen-bond acceptors (Lipinski definition) is 5. The highest BCUT2D eigenvalue weighted by atomic mass is 35.5. The Morgan fingerprint density at radius 3 is 2.89 bits per heavy atom. The monoisotopic (exact) mass is 401 g/mol. The van der Waals surface area contributed by atoms with Crippen molar-refractivity contribution in [3.8, 4) is 11.6 Å². The van der Waals surface area contributed by atoms with Gasteiger partial charge in [0.1, 0.15) is 11.4 Å². The van der Waals surface area contributed by atoms with Crippen molar-refractivity contribution < 1.29 is 19.1 Å². The minimum absolute atomic E-state index is 0.0585. The molecule has 0 spiro atoms. The van der Waals surface area contributed by atoms with Gasteiger partial charge in [-0.3, -0.25) is 9.59 Å². The number of benzene rings is 1. The van der Waals surface area contributed by atoms with Crippen LogP contribution in [0.15, 0.2) is 36.5 Å². The van der Waals surface area contributed by atoms with Crippen molar-refractivity contribution in [3.05, 3.63) is 47.1 Å². The topological polar surface area (TPSA) is 80.8 Å². The van der Waals surface area contributed by atoms with Crippen LogP contribution in [-0.4, -0.2) is 48.0 Å². The summed E-state index contributed by atoms with van der Waals surface area (Å²) in [6, 6.07) is 9.04. The van der Waals surface area contributed by atoms with E-state index in [4.69, 9.17) is 21.1 Å². The quantitative estimate of drug-likeness (QED) is 0.851. The van der Waals surface area contributed by atoms with E-state index in [0.717, 1.165) is 12.8 Å². The molecule has 1 saturated heterocycles. The molecule has 146 valence electrons. The first-order chi connectivity index (χ1) is 13.6. The molecule has 2 aromatic rings. The third-order valence-electron chi connectivity index (χ3n) is 4.93. The minimum Gasteiger partial charge on any atom is -0.492 e. The Morgan fingerprint density at radius 2 is 2.11 bits per heavy atom. The maximum atomic E-state index is 12.8. The third kappa shape index (κ3) is 4.04. The number of fused-ring (bicyclic) bond motifs is 1. The first-order valence-electron chi connectivity index (χ1n) is 9.19. The van der Waals surface area contributed by atoms with E-state index in [9.17, 15) is 9.59 Å². The van der Waals surface area contributed by atoms with E-state index in [1.54, 1.807) is 17.0 Å². The Kier molecular flexibility index (Phi) is 5.34. The maximum Gasteiger partial charge on any atom is 0.262 e. The van der Waals surface area contributed by atoms with Crippen LogP contribution in [-0.2, 0) is 4.79 Å². The Morgan fingerprint density at radius 1 is 1.32 bits per heavy atom. The van der Waals surface area contributed by atoms with Crippen LogP contribution < -0.4 is 14.8 Å². The van der Waals surface area contributed by atoms with Gasteiger partial charge >= 0.3 is 0 Å². The fourth-order valence-corrected chi connectivity index (χ4v) is 3.54. The Hall–Kier alpha value is -2.80. The van der Waals surface area contributed by atoms with Crippen molar-refractivity contribution in [2.45, 2.75) is 12.8 Å². The average Bonchev–Trinajstić information content (AvgIpc) is 2.72. The zero-order valence-corrected chi connectivity index (χ0v) is 15.9. The second kappa shape index (κ2) is 8.06. The van der Waals surface area contributed by atoms with E-state index in [0.29, 0.717) is 53.5 Å². The number of hydrogen-bond donors (Lipinski definition) is 1. The van der Waals surface area contributed by atoms with Gasteiger partial charge in [-0.1, -0.05) is 23.7 Å². The minimum atomic E-state index is -0.252. The number of anilines is 1. The lowest BCUT2D eigenvalue weighted by molar-refractivity contribution is -0.118. The highest BCUT2D eigenvalue weighted by molar-refractivity contribution is 6.32. The van der Waals surface area contributed by atoms with E-state index in [2.05, 4.69) is 10.3 Å². The molecule has 0 aliphatic carbocycles. The number of carbonyl (C=O) groups is 2. The predicted molar refractivity (Wildman–Crippen MR) is 104 cm³/mol. The Labute approximate surface area is 167 Å². The number of aromatic nitrogens is 1. The number of piperidine rings is 1. The highest BCUT2D eigenvalue weighted by Crippen LogP contribution is 2.28. The number of likely N-dealkylation sites (tertiary alicyclic amines) is 1. The van der Waals surface area contributed by atoms with E-state index in [-0.39, 0.29) is 18.4 Å². The summed E-state index contributed by atoms with van der Waals surface area (Å²) in [5.74, 6) is 1.05. The summed E-state index contributed by atoms with van der Waals surface area (Å²) in [5.41, 5.74) is 0.875. The molecule has 4 rings (SSSR count). The van der Waals surface area contributed by atoms with Crippen LogP contribution in [0.3, 0.4) is 0 Å². The molecule has 2 aliphatic heterocycles. The zero-order valence-electron chi connectivity index (χ0n) is 15.2. The largest absolute Gasteiger partial charge is 0.492 e. The van der Waals surface area contributed by atoms with Gasteiger partial charge in [0.25, 0.3) is 11.8 Å².